The molecule has 0 radical (unpaired) electrons. The van der Waals surface area contributed by atoms with Gasteiger partial charge in [0.25, 0.3) is 0 Å². The summed E-state index contributed by atoms with van der Waals surface area (Å²) < 4.78 is 7.06. The highest BCUT2D eigenvalue weighted by atomic mass is 16.5. The molecule has 200 valence electrons. The molecule has 2 rings (SSSR count). The number of hydrogen-bond acceptors (Lipinski definition) is 2. The van der Waals surface area contributed by atoms with E-state index in [-0.39, 0.29) is 12.1 Å². The first-order valence-electron chi connectivity index (χ1n) is 15.1. The Morgan fingerprint density at radius 2 is 1.29 bits per heavy atom. The van der Waals surface area contributed by atoms with Crippen LogP contribution in [-0.2, 0) is 4.74 Å². The van der Waals surface area contributed by atoms with E-state index in [9.17, 15) is 4.79 Å². The fraction of sp³-hybridized carbons (Fsp3) is 0.781. The average Bonchev–Trinajstić information content (AvgIpc) is 2.85. The number of benzene rings is 1. The Labute approximate surface area is 217 Å². The van der Waals surface area contributed by atoms with Crippen molar-refractivity contribution >= 4 is 5.97 Å². The van der Waals surface area contributed by atoms with Crippen molar-refractivity contribution in [1.82, 2.24) is 0 Å². The molecule has 1 fully saturated rings. The van der Waals surface area contributed by atoms with Crippen molar-refractivity contribution in [2.24, 2.45) is 5.92 Å². The van der Waals surface area contributed by atoms with Gasteiger partial charge < -0.3 is 9.22 Å². The number of hydrogen-bond donors (Lipinski definition) is 0. The summed E-state index contributed by atoms with van der Waals surface area (Å²) in [6.07, 6.45) is 24.5. The molecule has 0 saturated heterocycles. The quantitative estimate of drug-likeness (QED) is 0.111. The van der Waals surface area contributed by atoms with Gasteiger partial charge in [-0.3, -0.25) is 0 Å². The number of quaternary nitrogens is 1. The van der Waals surface area contributed by atoms with Crippen LogP contribution < -0.4 is 0 Å². The number of unbranched alkanes of at least 4 members (excludes halogenated alkanes) is 13. The largest absolute Gasteiger partial charge is 0.458 e. The van der Waals surface area contributed by atoms with Gasteiger partial charge in [-0.15, -0.1) is 0 Å². The van der Waals surface area contributed by atoms with Crippen molar-refractivity contribution < 1.29 is 14.0 Å². The van der Waals surface area contributed by atoms with E-state index >= 15 is 0 Å². The Balaban J connectivity index is 1.54. The summed E-state index contributed by atoms with van der Waals surface area (Å²) >= 11 is 0. The average molecular weight is 487 g/mol. The summed E-state index contributed by atoms with van der Waals surface area (Å²) in [4.78, 5) is 12.6. The third-order valence-electron chi connectivity index (χ3n) is 7.95. The number of esters is 1. The van der Waals surface area contributed by atoms with Crippen LogP contribution in [0.5, 0.6) is 0 Å². The highest BCUT2D eigenvalue weighted by Crippen LogP contribution is 2.29. The van der Waals surface area contributed by atoms with Crippen molar-refractivity contribution in [2.45, 2.75) is 129 Å². The molecule has 0 N–H and O–H groups in total. The molecular formula is C32H56NO2+. The molecule has 0 amide bonds. The van der Waals surface area contributed by atoms with Crippen LogP contribution in [0.25, 0.3) is 0 Å². The maximum atomic E-state index is 12.6. The van der Waals surface area contributed by atoms with Gasteiger partial charge in [-0.2, -0.15) is 0 Å². The summed E-state index contributed by atoms with van der Waals surface area (Å²) in [6.45, 7) is 4.64. The Hall–Kier alpha value is -1.35. The van der Waals surface area contributed by atoms with Crippen molar-refractivity contribution in [2.75, 3.05) is 27.2 Å². The van der Waals surface area contributed by atoms with Crippen LogP contribution in [0.4, 0.5) is 0 Å². The second kappa shape index (κ2) is 18.0. The van der Waals surface area contributed by atoms with Gasteiger partial charge in [0.2, 0.25) is 0 Å². The van der Waals surface area contributed by atoms with E-state index in [1.54, 1.807) is 0 Å². The molecule has 35 heavy (non-hydrogen) atoms. The monoisotopic (exact) mass is 486 g/mol. The second-order valence-corrected chi connectivity index (χ2v) is 11.8. The van der Waals surface area contributed by atoms with Crippen LogP contribution in [0.15, 0.2) is 30.3 Å². The molecule has 1 aliphatic rings. The summed E-state index contributed by atoms with van der Waals surface area (Å²) in [5, 5.41) is 0. The molecule has 0 aliphatic heterocycles. The van der Waals surface area contributed by atoms with Crippen molar-refractivity contribution in [3.05, 3.63) is 35.9 Å². The first-order valence-corrected chi connectivity index (χ1v) is 15.1. The summed E-state index contributed by atoms with van der Waals surface area (Å²) in [5.41, 5.74) is 0.674. The van der Waals surface area contributed by atoms with Crippen LogP contribution in [0.2, 0.25) is 0 Å². The van der Waals surface area contributed by atoms with Crippen LogP contribution >= 0.6 is 0 Å². The van der Waals surface area contributed by atoms with Crippen LogP contribution in [0.3, 0.4) is 0 Å². The van der Waals surface area contributed by atoms with Crippen LogP contribution in [0, 0.1) is 5.92 Å². The van der Waals surface area contributed by atoms with E-state index in [2.05, 4.69) is 21.0 Å². The zero-order chi connectivity index (χ0) is 25.2. The summed E-state index contributed by atoms with van der Waals surface area (Å²) in [5.74, 6) is 0.331. The topological polar surface area (TPSA) is 26.3 Å². The Morgan fingerprint density at radius 1 is 0.771 bits per heavy atom. The van der Waals surface area contributed by atoms with E-state index in [0.29, 0.717) is 11.5 Å². The predicted octanol–water partition coefficient (Wildman–Crippen LogP) is 8.96. The van der Waals surface area contributed by atoms with Gasteiger partial charge in [-0.25, -0.2) is 4.79 Å². The normalized spacial score (nSPS) is 18.5. The molecule has 0 spiro atoms. The molecule has 0 heterocycles. The molecule has 2 atom stereocenters. The molecule has 0 unspecified atom stereocenters. The first-order chi connectivity index (χ1) is 17.0. The minimum absolute atomic E-state index is 0.0743. The fourth-order valence-electron chi connectivity index (χ4n) is 5.78. The van der Waals surface area contributed by atoms with Crippen molar-refractivity contribution in [3.63, 3.8) is 0 Å². The number of ether oxygens (including phenoxy) is 1. The SMILES string of the molecule is CCCCCCCCCCCCCCCC[N+](C)(C)C[C@H]1CCCC[C@@H]1OC(=O)c1ccccc1. The highest BCUT2D eigenvalue weighted by molar-refractivity contribution is 5.89. The molecule has 1 aliphatic carbocycles. The Kier molecular flexibility index (Phi) is 15.3. The number of nitrogens with zero attached hydrogens (tertiary/aromatic N) is 1. The standard InChI is InChI=1S/C32H56NO2/c1-4-5-6-7-8-9-10-11-12-13-14-15-16-22-27-33(2,3)28-30-25-20-21-26-31(30)35-32(34)29-23-18-17-19-24-29/h17-19,23-24,30-31H,4-16,20-22,25-28H2,1-3H3/q+1/t30-,31+/m1/s1. The number of carbonyl (C=O) groups is 1. The molecule has 3 nitrogen and oxygen atoms in total. The van der Waals surface area contributed by atoms with Gasteiger partial charge in [0.1, 0.15) is 6.10 Å². The maximum Gasteiger partial charge on any atom is 0.338 e. The molecule has 1 saturated carbocycles. The van der Waals surface area contributed by atoms with Gasteiger partial charge in [-0.05, 0) is 44.2 Å². The molecule has 0 aromatic heterocycles. The van der Waals surface area contributed by atoms with E-state index in [1.807, 2.05) is 30.3 Å². The molecule has 1 aromatic carbocycles. The molecule has 3 heteroatoms. The zero-order valence-electron chi connectivity index (χ0n) is 23.4. The molecule has 0 bridgehead atoms. The first kappa shape index (κ1) is 29.9. The predicted molar refractivity (Wildman–Crippen MR) is 150 cm³/mol. The molecular weight excluding hydrogens is 430 g/mol. The van der Waals surface area contributed by atoms with E-state index in [0.717, 1.165) is 17.4 Å². The lowest BCUT2D eigenvalue weighted by Crippen LogP contribution is -2.48. The van der Waals surface area contributed by atoms with Gasteiger partial charge >= 0.3 is 5.97 Å². The minimum Gasteiger partial charge on any atom is -0.458 e. The third-order valence-corrected chi connectivity index (χ3v) is 7.95. The van der Waals surface area contributed by atoms with Gasteiger partial charge in [0.15, 0.2) is 0 Å². The Bertz CT molecular complexity index is 657. The van der Waals surface area contributed by atoms with Crippen LogP contribution in [0.1, 0.15) is 133 Å². The maximum absolute atomic E-state index is 12.6. The minimum atomic E-state index is -0.153. The van der Waals surface area contributed by atoms with E-state index < -0.39 is 0 Å². The Morgan fingerprint density at radius 3 is 1.86 bits per heavy atom. The second-order valence-electron chi connectivity index (χ2n) is 11.8. The van der Waals surface area contributed by atoms with E-state index in [1.165, 1.54) is 116 Å². The lowest BCUT2D eigenvalue weighted by molar-refractivity contribution is -0.894. The van der Waals surface area contributed by atoms with E-state index in [4.69, 9.17) is 4.74 Å². The number of rotatable bonds is 19. The highest BCUT2D eigenvalue weighted by Gasteiger charge is 2.33. The number of carbonyl (C=O) groups excluding carboxylic acids is 1. The van der Waals surface area contributed by atoms with Crippen LogP contribution in [-0.4, -0.2) is 43.7 Å². The van der Waals surface area contributed by atoms with Crippen molar-refractivity contribution in [1.29, 1.82) is 0 Å². The summed E-state index contributed by atoms with van der Waals surface area (Å²) in [7, 11) is 4.74. The smallest absolute Gasteiger partial charge is 0.338 e. The van der Waals surface area contributed by atoms with Gasteiger partial charge in [-0.1, -0.05) is 109 Å². The fourth-order valence-corrected chi connectivity index (χ4v) is 5.78. The zero-order valence-corrected chi connectivity index (χ0v) is 23.4. The lowest BCUT2D eigenvalue weighted by atomic mass is 9.85. The van der Waals surface area contributed by atoms with Crippen molar-refractivity contribution in [3.8, 4) is 0 Å². The lowest BCUT2D eigenvalue weighted by Gasteiger charge is -2.38. The van der Waals surface area contributed by atoms with Gasteiger partial charge in [0.05, 0.1) is 32.7 Å². The summed E-state index contributed by atoms with van der Waals surface area (Å²) in [6, 6.07) is 9.47. The molecule has 1 aromatic rings. The third kappa shape index (κ3) is 13.5. The van der Waals surface area contributed by atoms with Gasteiger partial charge in [0, 0.05) is 5.92 Å².